The molecule has 0 radical (unpaired) electrons. The molecule has 2 aromatic heterocycles. The summed E-state index contributed by atoms with van der Waals surface area (Å²) >= 11 is 3.18. The van der Waals surface area contributed by atoms with Crippen molar-refractivity contribution in [2.45, 2.75) is 51.8 Å². The molecule has 2 heterocycles. The molecule has 0 spiro atoms. The van der Waals surface area contributed by atoms with Crippen molar-refractivity contribution in [1.82, 2.24) is 9.88 Å². The normalized spacial score (nSPS) is 14.1. The van der Waals surface area contributed by atoms with Gasteiger partial charge in [0, 0.05) is 22.8 Å². The Bertz CT molecular complexity index is 978. The highest BCUT2D eigenvalue weighted by molar-refractivity contribution is 7.10. The Morgan fingerprint density at radius 3 is 2.70 bits per heavy atom. The first-order chi connectivity index (χ1) is 14.6. The van der Waals surface area contributed by atoms with Crippen molar-refractivity contribution in [2.24, 2.45) is 0 Å². The summed E-state index contributed by atoms with van der Waals surface area (Å²) < 4.78 is 11.5. The van der Waals surface area contributed by atoms with Gasteiger partial charge in [-0.15, -0.1) is 22.7 Å². The van der Waals surface area contributed by atoms with E-state index in [1.165, 1.54) is 24.2 Å². The average Bonchev–Trinajstić information content (AvgIpc) is 3.53. The van der Waals surface area contributed by atoms with E-state index in [9.17, 15) is 4.79 Å². The van der Waals surface area contributed by atoms with E-state index < -0.39 is 0 Å². The molecule has 158 valence electrons. The van der Waals surface area contributed by atoms with Gasteiger partial charge in [0.05, 0.1) is 12.1 Å². The van der Waals surface area contributed by atoms with Crippen LogP contribution in [0.15, 0.2) is 41.1 Å². The van der Waals surface area contributed by atoms with Crippen LogP contribution in [0.5, 0.6) is 11.5 Å². The topological polar surface area (TPSA) is 51.7 Å². The average molecular weight is 443 g/mol. The van der Waals surface area contributed by atoms with Crippen molar-refractivity contribution in [3.63, 3.8) is 0 Å². The zero-order valence-electron chi connectivity index (χ0n) is 17.3. The van der Waals surface area contributed by atoms with Crippen molar-refractivity contribution in [3.8, 4) is 11.5 Å². The van der Waals surface area contributed by atoms with E-state index in [2.05, 4.69) is 11.1 Å². The van der Waals surface area contributed by atoms with Crippen LogP contribution in [0.25, 0.3) is 0 Å². The third-order valence-electron chi connectivity index (χ3n) is 5.40. The van der Waals surface area contributed by atoms with Gasteiger partial charge in [0.2, 0.25) is 0 Å². The lowest BCUT2D eigenvalue weighted by Gasteiger charge is -2.29. The number of ether oxygens (including phenoxy) is 2. The Labute approximate surface area is 185 Å². The minimum Gasteiger partial charge on any atom is -0.493 e. The number of aryl methyl sites for hydroxylation is 1. The minimum atomic E-state index is 0.0168. The number of hydrogen-bond acceptors (Lipinski definition) is 6. The fraction of sp³-hybridized carbons (Fsp3) is 0.391. The maximum atomic E-state index is 13.3. The largest absolute Gasteiger partial charge is 0.493 e. The lowest BCUT2D eigenvalue weighted by atomic mass is 10.1. The van der Waals surface area contributed by atoms with Gasteiger partial charge in [0.15, 0.2) is 11.5 Å². The van der Waals surface area contributed by atoms with Crippen LogP contribution in [-0.2, 0) is 13.2 Å². The zero-order chi connectivity index (χ0) is 20.9. The van der Waals surface area contributed by atoms with Crippen LogP contribution in [0.3, 0.4) is 0 Å². The van der Waals surface area contributed by atoms with Gasteiger partial charge in [-0.2, -0.15) is 0 Å². The second-order valence-corrected chi connectivity index (χ2v) is 9.57. The molecule has 7 heteroatoms. The van der Waals surface area contributed by atoms with E-state index >= 15 is 0 Å². The maximum Gasteiger partial charge on any atom is 0.273 e. The number of amides is 1. The van der Waals surface area contributed by atoms with Crippen molar-refractivity contribution in [2.75, 3.05) is 7.11 Å². The van der Waals surface area contributed by atoms with E-state index in [0.717, 1.165) is 28.3 Å². The first-order valence-electron chi connectivity index (χ1n) is 10.2. The minimum absolute atomic E-state index is 0.0168. The summed E-state index contributed by atoms with van der Waals surface area (Å²) in [6.07, 6.45) is 4.43. The fourth-order valence-corrected chi connectivity index (χ4v) is 5.07. The van der Waals surface area contributed by atoms with Gasteiger partial charge in [-0.25, -0.2) is 4.98 Å². The summed E-state index contributed by atoms with van der Waals surface area (Å²) in [4.78, 5) is 20.8. The Morgan fingerprint density at radius 1 is 1.20 bits per heavy atom. The third-order valence-corrected chi connectivity index (χ3v) is 7.02. The standard InChI is InChI=1S/C23H26N2O3S2/c1-16-24-20(15-30-16)23(26)25(18-6-3-4-7-18)13-17-9-10-21(27-2)22(12-17)28-14-19-8-5-11-29-19/h5,8-12,15,18H,3-4,6-7,13-14H2,1-2H3. The Balaban J connectivity index is 1.55. The van der Waals surface area contributed by atoms with E-state index in [0.29, 0.717) is 30.3 Å². The van der Waals surface area contributed by atoms with Crippen LogP contribution >= 0.6 is 22.7 Å². The summed E-state index contributed by atoms with van der Waals surface area (Å²) in [6, 6.07) is 10.3. The van der Waals surface area contributed by atoms with Crippen LogP contribution in [0.4, 0.5) is 0 Å². The van der Waals surface area contributed by atoms with Gasteiger partial charge >= 0.3 is 0 Å². The molecule has 1 aromatic carbocycles. The van der Waals surface area contributed by atoms with Gasteiger partial charge in [-0.3, -0.25) is 4.79 Å². The number of carbonyl (C=O) groups excluding carboxylic acids is 1. The lowest BCUT2D eigenvalue weighted by Crippen LogP contribution is -2.38. The SMILES string of the molecule is COc1ccc(CN(C(=O)c2csc(C)n2)C2CCCC2)cc1OCc1cccs1. The summed E-state index contributed by atoms with van der Waals surface area (Å²) in [5.41, 5.74) is 1.58. The van der Waals surface area contributed by atoms with Crippen LogP contribution in [0.1, 0.15) is 51.6 Å². The van der Waals surface area contributed by atoms with E-state index in [1.807, 2.05) is 46.8 Å². The molecule has 1 aliphatic carbocycles. The molecule has 1 saturated carbocycles. The van der Waals surface area contributed by atoms with E-state index in [1.54, 1.807) is 18.4 Å². The molecule has 4 rings (SSSR count). The second-order valence-electron chi connectivity index (χ2n) is 7.48. The van der Waals surface area contributed by atoms with Gasteiger partial charge in [0.25, 0.3) is 5.91 Å². The molecule has 0 unspecified atom stereocenters. The summed E-state index contributed by atoms with van der Waals surface area (Å²) in [5, 5.41) is 4.82. The molecule has 5 nitrogen and oxygen atoms in total. The smallest absolute Gasteiger partial charge is 0.273 e. The number of benzene rings is 1. The Kier molecular flexibility index (Phi) is 6.69. The number of nitrogens with zero attached hydrogens (tertiary/aromatic N) is 2. The first-order valence-corrected chi connectivity index (χ1v) is 11.9. The number of aromatic nitrogens is 1. The molecule has 30 heavy (non-hydrogen) atoms. The van der Waals surface area contributed by atoms with Gasteiger partial charge in [-0.1, -0.05) is 25.0 Å². The van der Waals surface area contributed by atoms with Gasteiger partial charge in [-0.05, 0) is 48.9 Å². The number of carbonyl (C=O) groups is 1. The molecule has 3 aromatic rings. The van der Waals surface area contributed by atoms with E-state index in [-0.39, 0.29) is 11.9 Å². The number of hydrogen-bond donors (Lipinski definition) is 0. The van der Waals surface area contributed by atoms with Crippen molar-refractivity contribution in [1.29, 1.82) is 0 Å². The van der Waals surface area contributed by atoms with Crippen LogP contribution in [-0.4, -0.2) is 28.9 Å². The molecule has 1 amide bonds. The quantitative estimate of drug-likeness (QED) is 0.450. The Morgan fingerprint density at radius 2 is 2.03 bits per heavy atom. The number of thiazole rings is 1. The second kappa shape index (κ2) is 9.62. The number of thiophene rings is 1. The number of rotatable bonds is 8. The lowest BCUT2D eigenvalue weighted by molar-refractivity contribution is 0.0659. The predicted octanol–water partition coefficient (Wildman–Crippen LogP) is 5.69. The Hall–Kier alpha value is -2.38. The highest BCUT2D eigenvalue weighted by atomic mass is 32.1. The molecule has 0 N–H and O–H groups in total. The molecule has 0 atom stereocenters. The molecule has 1 aliphatic rings. The fourth-order valence-electron chi connectivity index (χ4n) is 3.86. The molecular formula is C23H26N2O3S2. The van der Waals surface area contributed by atoms with Crippen LogP contribution < -0.4 is 9.47 Å². The monoisotopic (exact) mass is 442 g/mol. The zero-order valence-corrected chi connectivity index (χ0v) is 18.9. The van der Waals surface area contributed by atoms with Crippen LogP contribution in [0, 0.1) is 6.92 Å². The van der Waals surface area contributed by atoms with Crippen molar-refractivity contribution >= 4 is 28.6 Å². The van der Waals surface area contributed by atoms with E-state index in [4.69, 9.17) is 9.47 Å². The summed E-state index contributed by atoms with van der Waals surface area (Å²) in [7, 11) is 1.64. The third kappa shape index (κ3) is 4.84. The molecule has 1 fully saturated rings. The van der Waals surface area contributed by atoms with Crippen molar-refractivity contribution < 1.29 is 14.3 Å². The molecule has 0 saturated heterocycles. The predicted molar refractivity (Wildman–Crippen MR) is 121 cm³/mol. The van der Waals surface area contributed by atoms with Gasteiger partial charge in [0.1, 0.15) is 12.3 Å². The highest BCUT2D eigenvalue weighted by Crippen LogP contribution is 2.32. The molecule has 0 aliphatic heterocycles. The highest BCUT2D eigenvalue weighted by Gasteiger charge is 2.29. The first kappa shape index (κ1) is 20.9. The molecular weight excluding hydrogens is 416 g/mol. The maximum absolute atomic E-state index is 13.3. The van der Waals surface area contributed by atoms with Gasteiger partial charge < -0.3 is 14.4 Å². The van der Waals surface area contributed by atoms with Crippen LogP contribution in [0.2, 0.25) is 0 Å². The summed E-state index contributed by atoms with van der Waals surface area (Å²) in [5.74, 6) is 1.42. The summed E-state index contributed by atoms with van der Waals surface area (Å²) in [6.45, 7) is 2.97. The number of methoxy groups -OCH3 is 1. The molecule has 0 bridgehead atoms. The van der Waals surface area contributed by atoms with Crippen molar-refractivity contribution in [3.05, 3.63) is 62.2 Å².